The van der Waals surface area contributed by atoms with Crippen molar-refractivity contribution in [3.63, 3.8) is 0 Å². The molecule has 1 aliphatic heterocycles. The number of nitrogens with two attached hydrogens (primary N) is 1. The first kappa shape index (κ1) is 23.5. The molecule has 160 valence electrons. The number of nitrogens with zero attached hydrogens (tertiary/aromatic N) is 3. The quantitative estimate of drug-likeness (QED) is 0.445. The maximum atomic E-state index is 10.2. The molecule has 30 heavy (non-hydrogen) atoms. The summed E-state index contributed by atoms with van der Waals surface area (Å²) in [5, 5.41) is 0. The molecule has 0 atom stereocenters. The molecular weight excluding hydrogens is 394 g/mol. The minimum atomic E-state index is 0.657. The van der Waals surface area contributed by atoms with Crippen LogP contribution in [0.25, 0.3) is 6.08 Å². The molecule has 2 aromatic rings. The summed E-state index contributed by atoms with van der Waals surface area (Å²) in [4.78, 5) is 21.7. The van der Waals surface area contributed by atoms with Gasteiger partial charge in [-0.3, -0.25) is 9.78 Å². The maximum Gasteiger partial charge on any atom is 0.209 e. The summed E-state index contributed by atoms with van der Waals surface area (Å²) in [6.45, 7) is 8.02. The molecule has 0 radical (unpaired) electrons. The van der Waals surface area contributed by atoms with Gasteiger partial charge in [-0.1, -0.05) is 31.6 Å². The average molecular weight is 426 g/mol. The number of carbonyl (C=O) groups excluding carboxylic acids is 1. The van der Waals surface area contributed by atoms with Crippen LogP contribution in [0.4, 0.5) is 11.4 Å². The first-order valence-electron chi connectivity index (χ1n) is 10.2. The molecule has 0 saturated heterocycles. The van der Waals surface area contributed by atoms with Crippen molar-refractivity contribution in [3.05, 3.63) is 53.9 Å². The van der Waals surface area contributed by atoms with E-state index in [1.807, 2.05) is 18.2 Å². The van der Waals surface area contributed by atoms with E-state index in [4.69, 9.17) is 5.73 Å². The largest absolute Gasteiger partial charge is 0.387 e. The number of pyridine rings is 1. The van der Waals surface area contributed by atoms with E-state index < -0.39 is 0 Å². The predicted octanol–water partition coefficient (Wildman–Crippen LogP) is 5.26. The van der Waals surface area contributed by atoms with Gasteiger partial charge in [0.05, 0.1) is 17.6 Å². The van der Waals surface area contributed by atoms with Crippen molar-refractivity contribution in [2.75, 3.05) is 17.8 Å². The molecule has 3 N–H and O–H groups in total. The number of anilines is 1. The topological polar surface area (TPSA) is 83.6 Å². The zero-order chi connectivity index (χ0) is 21.8. The van der Waals surface area contributed by atoms with Crippen molar-refractivity contribution in [3.8, 4) is 0 Å². The van der Waals surface area contributed by atoms with Crippen LogP contribution in [0.5, 0.6) is 0 Å². The van der Waals surface area contributed by atoms with Gasteiger partial charge in [0.2, 0.25) is 6.41 Å². The number of rotatable bonds is 8. The Hall–Kier alpha value is -2.80. The number of amidine groups is 1. The number of fused-ring (bicyclic) bond motifs is 1. The first-order chi connectivity index (χ1) is 14.5. The van der Waals surface area contributed by atoms with Crippen LogP contribution in [-0.2, 0) is 4.79 Å². The van der Waals surface area contributed by atoms with Crippen LogP contribution in [-0.4, -0.2) is 35.2 Å². The molecule has 0 fully saturated rings. The van der Waals surface area contributed by atoms with Gasteiger partial charge in [-0.2, -0.15) is 0 Å². The Labute approximate surface area is 183 Å². The Kier molecular flexibility index (Phi) is 9.94. The summed E-state index contributed by atoms with van der Waals surface area (Å²) in [7, 11) is 0. The Morgan fingerprint density at radius 3 is 2.63 bits per heavy atom. The molecule has 1 aromatic carbocycles. The summed E-state index contributed by atoms with van der Waals surface area (Å²) >= 11 is 1.53. The normalized spacial score (nSPS) is 12.4. The van der Waals surface area contributed by atoms with Crippen LogP contribution in [0.15, 0.2) is 58.2 Å². The molecule has 1 aromatic heterocycles. The summed E-state index contributed by atoms with van der Waals surface area (Å²) in [6, 6.07) is 10.1. The molecule has 3 rings (SSSR count). The third kappa shape index (κ3) is 7.91. The fourth-order valence-electron chi connectivity index (χ4n) is 2.93. The zero-order valence-electron chi connectivity index (χ0n) is 18.0. The van der Waals surface area contributed by atoms with Crippen LogP contribution in [0.3, 0.4) is 0 Å². The van der Waals surface area contributed by atoms with Crippen LogP contribution in [0.1, 0.15) is 45.6 Å². The predicted molar refractivity (Wildman–Crippen MR) is 128 cm³/mol. The lowest BCUT2D eigenvalue weighted by Gasteiger charge is -2.13. The molecule has 0 unspecified atom stereocenters. The third-order valence-electron chi connectivity index (χ3n) is 4.25. The Morgan fingerprint density at radius 2 is 2.00 bits per heavy atom. The summed E-state index contributed by atoms with van der Waals surface area (Å²) in [6.07, 6.45) is 9.44. The van der Waals surface area contributed by atoms with Crippen molar-refractivity contribution in [2.45, 2.75) is 44.9 Å². The summed E-state index contributed by atoms with van der Waals surface area (Å²) in [5.41, 5.74) is 10.2. The van der Waals surface area contributed by atoms with E-state index in [0.29, 0.717) is 5.84 Å². The fraction of sp³-hybridized carbons (Fsp3) is 0.348. The number of hydrogen-bond acceptors (Lipinski definition) is 6. The van der Waals surface area contributed by atoms with Gasteiger partial charge < -0.3 is 15.4 Å². The Morgan fingerprint density at radius 1 is 1.23 bits per heavy atom. The number of carbonyl (C=O) groups is 1. The maximum absolute atomic E-state index is 10.2. The standard InChI is InChI=1S/C16H16N4S.C7H15NO/c1-11-7-12-4-5-14(9-15(12)19-16(17)8-11)21-20-13-3-2-6-18-10-13;1-3-5-8(7-9)6-4-2/h2-7,9-10,20H,8H2,1H3,(H2,17,19);7H,3-6H2,1-2H3. The van der Waals surface area contributed by atoms with Crippen molar-refractivity contribution >= 4 is 41.6 Å². The van der Waals surface area contributed by atoms with Gasteiger partial charge in [0.1, 0.15) is 5.84 Å². The number of nitrogens with one attached hydrogen (secondary N) is 1. The highest BCUT2D eigenvalue weighted by molar-refractivity contribution is 8.00. The van der Waals surface area contributed by atoms with Crippen LogP contribution in [0.2, 0.25) is 0 Å². The van der Waals surface area contributed by atoms with E-state index in [9.17, 15) is 4.79 Å². The number of aromatic nitrogens is 1. The molecule has 2 heterocycles. The molecule has 0 aliphatic carbocycles. The van der Waals surface area contributed by atoms with Gasteiger partial charge in [-0.15, -0.1) is 0 Å². The summed E-state index contributed by atoms with van der Waals surface area (Å²) < 4.78 is 3.26. The molecule has 6 nitrogen and oxygen atoms in total. The van der Waals surface area contributed by atoms with E-state index in [2.05, 4.69) is 53.7 Å². The molecular formula is C23H31N5OS. The van der Waals surface area contributed by atoms with Gasteiger partial charge in [0.25, 0.3) is 0 Å². The van der Waals surface area contributed by atoms with E-state index in [1.165, 1.54) is 17.5 Å². The fourth-order valence-corrected chi connectivity index (χ4v) is 3.60. The van der Waals surface area contributed by atoms with E-state index in [0.717, 1.165) is 60.6 Å². The van der Waals surface area contributed by atoms with Crippen LogP contribution >= 0.6 is 11.9 Å². The highest BCUT2D eigenvalue weighted by Gasteiger charge is 2.08. The van der Waals surface area contributed by atoms with Gasteiger partial charge in [-0.25, -0.2) is 4.99 Å². The lowest BCUT2D eigenvalue weighted by molar-refractivity contribution is -0.118. The second-order valence-electron chi connectivity index (χ2n) is 7.08. The van der Waals surface area contributed by atoms with Crippen LogP contribution < -0.4 is 10.5 Å². The molecule has 0 spiro atoms. The average Bonchev–Trinajstić information content (AvgIpc) is 2.89. The SMILES string of the molecule is CC1=Cc2ccc(SNc3cccnc3)cc2N=C(N)C1.CCCN(C=O)CCC. The van der Waals surface area contributed by atoms with Gasteiger partial charge in [0.15, 0.2) is 0 Å². The minimum Gasteiger partial charge on any atom is -0.387 e. The molecule has 1 aliphatic rings. The highest BCUT2D eigenvalue weighted by atomic mass is 32.2. The van der Waals surface area contributed by atoms with Crippen LogP contribution in [0, 0.1) is 0 Å². The van der Waals surface area contributed by atoms with Crippen molar-refractivity contribution in [2.24, 2.45) is 10.7 Å². The monoisotopic (exact) mass is 425 g/mol. The van der Waals surface area contributed by atoms with E-state index >= 15 is 0 Å². The first-order valence-corrected chi connectivity index (χ1v) is 11.0. The molecule has 0 bridgehead atoms. The molecule has 7 heteroatoms. The number of amides is 1. The second kappa shape index (κ2) is 12.7. The van der Waals surface area contributed by atoms with E-state index in [1.54, 1.807) is 17.3 Å². The Balaban J connectivity index is 0.000000303. The van der Waals surface area contributed by atoms with Gasteiger partial charge in [-0.05, 0) is 56.0 Å². The lowest BCUT2D eigenvalue weighted by Crippen LogP contribution is -2.23. The number of hydrogen-bond donors (Lipinski definition) is 2. The molecule has 0 saturated carbocycles. The van der Waals surface area contributed by atoms with Gasteiger partial charge in [0, 0.05) is 36.2 Å². The smallest absolute Gasteiger partial charge is 0.209 e. The minimum absolute atomic E-state index is 0.657. The highest BCUT2D eigenvalue weighted by Crippen LogP contribution is 2.31. The van der Waals surface area contributed by atoms with Crippen molar-refractivity contribution < 1.29 is 4.79 Å². The second-order valence-corrected chi connectivity index (χ2v) is 7.96. The van der Waals surface area contributed by atoms with Crippen molar-refractivity contribution in [1.29, 1.82) is 0 Å². The van der Waals surface area contributed by atoms with Crippen molar-refractivity contribution in [1.82, 2.24) is 9.88 Å². The Bertz CT molecular complexity index is 861. The molecule has 1 amide bonds. The van der Waals surface area contributed by atoms with Gasteiger partial charge >= 0.3 is 0 Å². The third-order valence-corrected chi connectivity index (χ3v) is 5.07. The zero-order valence-corrected chi connectivity index (χ0v) is 18.8. The number of benzene rings is 1. The lowest BCUT2D eigenvalue weighted by atomic mass is 10.1. The summed E-state index contributed by atoms with van der Waals surface area (Å²) in [5.74, 6) is 0.657. The van der Waals surface area contributed by atoms with E-state index in [-0.39, 0.29) is 0 Å². The number of aliphatic imine (C=N–C) groups is 1.